The lowest BCUT2D eigenvalue weighted by Gasteiger charge is -2.21. The number of nitrogens with zero attached hydrogens (tertiary/aromatic N) is 1. The summed E-state index contributed by atoms with van der Waals surface area (Å²) in [4.78, 5) is 25.7. The Balaban J connectivity index is 2.30. The monoisotopic (exact) mass is 356 g/mol. The third-order valence-electron chi connectivity index (χ3n) is 3.70. The predicted octanol–water partition coefficient (Wildman–Crippen LogP) is 3.09. The zero-order chi connectivity index (χ0) is 17.4. The van der Waals surface area contributed by atoms with Gasteiger partial charge >= 0.3 is 0 Å². The summed E-state index contributed by atoms with van der Waals surface area (Å²) in [5.74, 6) is 1.02. The Morgan fingerprint density at radius 1 is 1.22 bits per heavy atom. The molecule has 23 heavy (non-hydrogen) atoms. The molecule has 0 aliphatic rings. The molecule has 0 radical (unpaired) electrons. The molecule has 1 atom stereocenters. The maximum atomic E-state index is 12.0. The number of halogens is 1. The molecule has 1 aromatic carbocycles. The number of thioether (sulfide) groups is 1. The average Bonchev–Trinajstić information content (AvgIpc) is 2.52. The summed E-state index contributed by atoms with van der Waals surface area (Å²) in [5, 5.41) is 0.602. The number of hydrogen-bond acceptors (Lipinski definition) is 4. The van der Waals surface area contributed by atoms with Gasteiger partial charge in [-0.05, 0) is 36.6 Å². The normalized spacial score (nSPS) is 12.3. The summed E-state index contributed by atoms with van der Waals surface area (Å²) in [6.07, 6.45) is 0.786. The van der Waals surface area contributed by atoms with Crippen molar-refractivity contribution in [1.82, 2.24) is 4.90 Å². The number of carbonyl (C=O) groups excluding carboxylic acids is 2. The van der Waals surface area contributed by atoms with Crippen molar-refractivity contribution in [2.24, 2.45) is 11.7 Å². The molecule has 0 saturated heterocycles. The van der Waals surface area contributed by atoms with Crippen molar-refractivity contribution in [3.05, 3.63) is 34.9 Å². The number of ketones is 1. The van der Waals surface area contributed by atoms with Gasteiger partial charge < -0.3 is 10.6 Å². The number of Topliss-reactive ketones (excluding diaryl/α,β-unsaturated/α-hetero) is 1. The van der Waals surface area contributed by atoms with E-state index in [-0.39, 0.29) is 23.5 Å². The van der Waals surface area contributed by atoms with Crippen molar-refractivity contribution in [2.45, 2.75) is 26.3 Å². The highest BCUT2D eigenvalue weighted by molar-refractivity contribution is 8.00. The van der Waals surface area contributed by atoms with Gasteiger partial charge in [0.2, 0.25) is 5.91 Å². The maximum absolute atomic E-state index is 12.0. The maximum Gasteiger partial charge on any atom is 0.232 e. The molecule has 1 amide bonds. The van der Waals surface area contributed by atoms with Crippen LogP contribution in [0.3, 0.4) is 0 Å². The second-order valence-corrected chi connectivity index (χ2v) is 7.36. The standard InChI is InChI=1S/C17H25ClN2O2S/c1-12(2)15(19)8-9-20(3)17(22)11-23-10-16(21)13-4-6-14(18)7-5-13/h4-7,12,15H,8-11,19H2,1-3H3. The minimum atomic E-state index is 0.00366. The summed E-state index contributed by atoms with van der Waals surface area (Å²) in [6.45, 7) is 4.79. The first-order chi connectivity index (χ1) is 10.8. The molecule has 1 rings (SSSR count). The summed E-state index contributed by atoms with van der Waals surface area (Å²) in [7, 11) is 1.77. The van der Waals surface area contributed by atoms with Gasteiger partial charge in [0.1, 0.15) is 0 Å². The topological polar surface area (TPSA) is 63.4 Å². The Labute approximate surface area is 147 Å². The second-order valence-electron chi connectivity index (χ2n) is 5.93. The van der Waals surface area contributed by atoms with E-state index in [2.05, 4.69) is 13.8 Å². The smallest absolute Gasteiger partial charge is 0.232 e. The molecule has 1 aromatic rings. The highest BCUT2D eigenvalue weighted by Gasteiger charge is 2.14. The van der Waals surface area contributed by atoms with Crippen molar-refractivity contribution in [3.8, 4) is 0 Å². The van der Waals surface area contributed by atoms with E-state index in [0.717, 1.165) is 6.42 Å². The Hall–Kier alpha value is -1.04. The van der Waals surface area contributed by atoms with Crippen LogP contribution in [0.4, 0.5) is 0 Å². The molecule has 0 bridgehead atoms. The fourth-order valence-corrected chi connectivity index (χ4v) is 2.84. The zero-order valence-electron chi connectivity index (χ0n) is 13.9. The lowest BCUT2D eigenvalue weighted by Crippen LogP contribution is -2.35. The van der Waals surface area contributed by atoms with Gasteiger partial charge in [0.25, 0.3) is 0 Å². The van der Waals surface area contributed by atoms with Crippen LogP contribution >= 0.6 is 23.4 Å². The Kier molecular flexibility index (Phi) is 8.66. The fraction of sp³-hybridized carbons (Fsp3) is 0.529. The molecule has 0 aliphatic heterocycles. The largest absolute Gasteiger partial charge is 0.345 e. The first-order valence-corrected chi connectivity index (χ1v) is 9.20. The minimum absolute atomic E-state index is 0.00366. The highest BCUT2D eigenvalue weighted by atomic mass is 35.5. The van der Waals surface area contributed by atoms with Crippen LogP contribution < -0.4 is 5.73 Å². The van der Waals surface area contributed by atoms with E-state index in [1.165, 1.54) is 11.8 Å². The average molecular weight is 357 g/mol. The quantitative estimate of drug-likeness (QED) is 0.690. The van der Waals surface area contributed by atoms with E-state index >= 15 is 0 Å². The lowest BCUT2D eigenvalue weighted by atomic mass is 10.0. The van der Waals surface area contributed by atoms with Crippen LogP contribution in [-0.2, 0) is 4.79 Å². The minimum Gasteiger partial charge on any atom is -0.345 e. The van der Waals surface area contributed by atoms with Gasteiger partial charge in [-0.3, -0.25) is 9.59 Å². The SMILES string of the molecule is CC(C)C(N)CCN(C)C(=O)CSCC(=O)c1ccc(Cl)cc1. The van der Waals surface area contributed by atoms with Crippen molar-refractivity contribution < 1.29 is 9.59 Å². The van der Waals surface area contributed by atoms with E-state index in [1.54, 1.807) is 36.2 Å². The third-order valence-corrected chi connectivity index (χ3v) is 4.87. The number of carbonyl (C=O) groups is 2. The van der Waals surface area contributed by atoms with Crippen LogP contribution in [0.2, 0.25) is 5.02 Å². The van der Waals surface area contributed by atoms with Gasteiger partial charge in [0.15, 0.2) is 5.78 Å². The first-order valence-electron chi connectivity index (χ1n) is 7.67. The summed E-state index contributed by atoms with van der Waals surface area (Å²) < 4.78 is 0. The van der Waals surface area contributed by atoms with Crippen molar-refractivity contribution in [2.75, 3.05) is 25.1 Å². The third kappa shape index (κ3) is 7.38. The number of amides is 1. The second kappa shape index (κ2) is 9.96. The molecule has 6 heteroatoms. The molecule has 128 valence electrons. The van der Waals surface area contributed by atoms with Gasteiger partial charge in [-0.15, -0.1) is 11.8 Å². The van der Waals surface area contributed by atoms with Gasteiger partial charge in [-0.1, -0.05) is 25.4 Å². The van der Waals surface area contributed by atoms with Crippen molar-refractivity contribution in [3.63, 3.8) is 0 Å². The molecule has 0 aliphatic carbocycles. The molecule has 0 aromatic heterocycles. The molecule has 0 spiro atoms. The molecular formula is C17H25ClN2O2S. The summed E-state index contributed by atoms with van der Waals surface area (Å²) >= 11 is 7.13. The van der Waals surface area contributed by atoms with Gasteiger partial charge in [-0.25, -0.2) is 0 Å². The van der Waals surface area contributed by atoms with Crippen LogP contribution in [0.5, 0.6) is 0 Å². The molecule has 2 N–H and O–H groups in total. The summed E-state index contributed by atoms with van der Waals surface area (Å²) in [6, 6.07) is 6.88. The predicted molar refractivity (Wildman–Crippen MR) is 98.2 cm³/mol. The molecule has 1 unspecified atom stereocenters. The number of nitrogens with two attached hydrogens (primary N) is 1. The van der Waals surface area contributed by atoms with E-state index in [4.69, 9.17) is 17.3 Å². The molecular weight excluding hydrogens is 332 g/mol. The highest BCUT2D eigenvalue weighted by Crippen LogP contribution is 2.13. The van der Waals surface area contributed by atoms with Crippen LogP contribution in [0.15, 0.2) is 24.3 Å². The van der Waals surface area contributed by atoms with Crippen LogP contribution in [0.1, 0.15) is 30.6 Å². The van der Waals surface area contributed by atoms with E-state index in [0.29, 0.717) is 28.8 Å². The molecule has 0 fully saturated rings. The lowest BCUT2D eigenvalue weighted by molar-refractivity contribution is -0.127. The zero-order valence-corrected chi connectivity index (χ0v) is 15.5. The van der Waals surface area contributed by atoms with E-state index in [1.807, 2.05) is 0 Å². The number of hydrogen-bond donors (Lipinski definition) is 1. The first kappa shape index (κ1) is 20.0. The Morgan fingerprint density at radius 2 is 1.83 bits per heavy atom. The van der Waals surface area contributed by atoms with Gasteiger partial charge in [0, 0.05) is 30.2 Å². The van der Waals surface area contributed by atoms with Gasteiger partial charge in [0.05, 0.1) is 11.5 Å². The van der Waals surface area contributed by atoms with Crippen LogP contribution in [0.25, 0.3) is 0 Å². The van der Waals surface area contributed by atoms with Crippen molar-refractivity contribution >= 4 is 35.1 Å². The van der Waals surface area contributed by atoms with Crippen LogP contribution in [-0.4, -0.2) is 47.7 Å². The molecule has 4 nitrogen and oxygen atoms in total. The Morgan fingerprint density at radius 3 is 2.39 bits per heavy atom. The molecule has 0 heterocycles. The van der Waals surface area contributed by atoms with Crippen molar-refractivity contribution in [1.29, 1.82) is 0 Å². The van der Waals surface area contributed by atoms with E-state index < -0.39 is 0 Å². The van der Waals surface area contributed by atoms with E-state index in [9.17, 15) is 9.59 Å². The Bertz CT molecular complexity index is 520. The number of benzene rings is 1. The number of rotatable bonds is 9. The van der Waals surface area contributed by atoms with Gasteiger partial charge in [-0.2, -0.15) is 0 Å². The van der Waals surface area contributed by atoms with Crippen LogP contribution in [0, 0.1) is 5.92 Å². The molecule has 0 saturated carbocycles. The fourth-order valence-electron chi connectivity index (χ4n) is 1.86. The summed E-state index contributed by atoms with van der Waals surface area (Å²) in [5.41, 5.74) is 6.60.